The van der Waals surface area contributed by atoms with Gasteiger partial charge in [-0.05, 0) is 12.3 Å². The Balaban J connectivity index is 3.06. The van der Waals surface area contributed by atoms with E-state index in [4.69, 9.17) is 0 Å². The molecule has 0 atom stereocenters. The summed E-state index contributed by atoms with van der Waals surface area (Å²) >= 11 is 7.06. The van der Waals surface area contributed by atoms with E-state index in [1.54, 1.807) is 0 Å². The highest BCUT2D eigenvalue weighted by atomic mass is 79.9. The fraction of sp³-hybridized carbons (Fsp3) is 1.00. The van der Waals surface area contributed by atoms with Gasteiger partial charge in [-0.15, -0.1) is 0 Å². The molecule has 0 fully saturated rings. The third-order valence-electron chi connectivity index (χ3n) is 2.15. The average molecular weight is 300 g/mol. The third kappa shape index (κ3) is 7.60. The van der Waals surface area contributed by atoms with Crippen LogP contribution in [-0.4, -0.2) is 10.7 Å². The van der Waals surface area contributed by atoms with E-state index in [1.807, 2.05) is 0 Å². The lowest BCUT2D eigenvalue weighted by molar-refractivity contribution is 0.533. The summed E-state index contributed by atoms with van der Waals surface area (Å²) in [5, 5.41) is 2.29. The molecule has 0 bridgehead atoms. The van der Waals surface area contributed by atoms with Crippen molar-refractivity contribution in [2.75, 3.05) is 10.7 Å². The van der Waals surface area contributed by atoms with Crippen molar-refractivity contribution < 1.29 is 0 Å². The maximum atomic E-state index is 3.53. The molecule has 0 saturated heterocycles. The van der Waals surface area contributed by atoms with Gasteiger partial charge in [0.15, 0.2) is 0 Å². The molecule has 74 valence electrons. The zero-order valence-electron chi connectivity index (χ0n) is 7.99. The van der Waals surface area contributed by atoms with E-state index < -0.39 is 0 Å². The second kappa shape index (κ2) is 10.0. The molecular formula is C10H20Br2. The first-order chi connectivity index (χ1) is 5.85. The van der Waals surface area contributed by atoms with E-state index in [2.05, 4.69) is 38.8 Å². The van der Waals surface area contributed by atoms with Crippen molar-refractivity contribution in [2.24, 2.45) is 5.92 Å². The molecule has 0 rings (SSSR count). The molecular weight excluding hydrogens is 280 g/mol. The van der Waals surface area contributed by atoms with E-state index in [1.165, 1.54) is 38.5 Å². The van der Waals surface area contributed by atoms with E-state index in [9.17, 15) is 0 Å². The SMILES string of the molecule is CCCCCCCC(CBr)CBr. The molecule has 0 unspecified atom stereocenters. The highest BCUT2D eigenvalue weighted by Crippen LogP contribution is 2.15. The monoisotopic (exact) mass is 298 g/mol. The van der Waals surface area contributed by atoms with Gasteiger partial charge < -0.3 is 0 Å². The summed E-state index contributed by atoms with van der Waals surface area (Å²) in [6, 6.07) is 0. The van der Waals surface area contributed by atoms with Crippen molar-refractivity contribution in [1.29, 1.82) is 0 Å². The standard InChI is InChI=1S/C10H20Br2/c1-2-3-4-5-6-7-10(8-11)9-12/h10H,2-9H2,1H3. The number of unbranched alkanes of at least 4 members (excludes halogenated alkanes) is 4. The van der Waals surface area contributed by atoms with Crippen LogP contribution in [0.2, 0.25) is 0 Å². The Morgan fingerprint density at radius 2 is 1.50 bits per heavy atom. The minimum Gasteiger partial charge on any atom is -0.0925 e. The minimum atomic E-state index is 0.839. The molecule has 0 aromatic carbocycles. The lowest BCUT2D eigenvalue weighted by Crippen LogP contribution is -2.02. The zero-order chi connectivity index (χ0) is 9.23. The molecule has 0 aliphatic rings. The van der Waals surface area contributed by atoms with Gasteiger partial charge in [0.05, 0.1) is 0 Å². The molecule has 0 saturated carbocycles. The summed E-state index contributed by atoms with van der Waals surface area (Å²) in [7, 11) is 0. The number of rotatable bonds is 8. The second-order valence-electron chi connectivity index (χ2n) is 3.38. The van der Waals surface area contributed by atoms with Crippen LogP contribution in [0.5, 0.6) is 0 Å². The van der Waals surface area contributed by atoms with Crippen molar-refractivity contribution in [3.8, 4) is 0 Å². The van der Waals surface area contributed by atoms with Crippen LogP contribution in [0.1, 0.15) is 45.4 Å². The fourth-order valence-corrected chi connectivity index (χ4v) is 2.95. The predicted octanol–water partition coefficient (Wildman–Crippen LogP) is 4.75. The van der Waals surface area contributed by atoms with Gasteiger partial charge in [0.25, 0.3) is 0 Å². The first-order valence-corrected chi connectivity index (χ1v) is 7.21. The molecule has 0 amide bonds. The second-order valence-corrected chi connectivity index (χ2v) is 4.67. The Hall–Kier alpha value is 0.960. The van der Waals surface area contributed by atoms with Crippen LogP contribution < -0.4 is 0 Å². The van der Waals surface area contributed by atoms with E-state index in [0.29, 0.717) is 0 Å². The van der Waals surface area contributed by atoms with Crippen molar-refractivity contribution in [1.82, 2.24) is 0 Å². The normalized spacial score (nSPS) is 11.0. The average Bonchev–Trinajstić information content (AvgIpc) is 2.11. The molecule has 0 aromatic heterocycles. The first kappa shape index (κ1) is 13.0. The molecule has 0 radical (unpaired) electrons. The summed E-state index contributed by atoms with van der Waals surface area (Å²) in [5.74, 6) is 0.839. The first-order valence-electron chi connectivity index (χ1n) is 4.97. The molecule has 2 heteroatoms. The van der Waals surface area contributed by atoms with Gasteiger partial charge in [-0.1, -0.05) is 70.9 Å². The Morgan fingerprint density at radius 3 is 2.00 bits per heavy atom. The molecule has 0 aromatic rings. The maximum Gasteiger partial charge on any atom is 0.00676 e. The lowest BCUT2D eigenvalue weighted by atomic mass is 10.0. The molecule has 0 spiro atoms. The van der Waals surface area contributed by atoms with Gasteiger partial charge in [-0.2, -0.15) is 0 Å². The van der Waals surface area contributed by atoms with Crippen LogP contribution in [0, 0.1) is 5.92 Å². The summed E-state index contributed by atoms with van der Waals surface area (Å²) in [6.07, 6.45) is 8.38. The van der Waals surface area contributed by atoms with Crippen LogP contribution in [-0.2, 0) is 0 Å². The van der Waals surface area contributed by atoms with Gasteiger partial charge >= 0.3 is 0 Å². The van der Waals surface area contributed by atoms with Crippen molar-refractivity contribution in [2.45, 2.75) is 45.4 Å². The van der Waals surface area contributed by atoms with Crippen LogP contribution in [0.25, 0.3) is 0 Å². The molecule has 0 aliphatic carbocycles. The van der Waals surface area contributed by atoms with Crippen molar-refractivity contribution in [3.63, 3.8) is 0 Å². The quantitative estimate of drug-likeness (QED) is 0.448. The van der Waals surface area contributed by atoms with Gasteiger partial charge in [-0.3, -0.25) is 0 Å². The van der Waals surface area contributed by atoms with Crippen LogP contribution in [0.15, 0.2) is 0 Å². The van der Waals surface area contributed by atoms with Gasteiger partial charge in [0.2, 0.25) is 0 Å². The van der Waals surface area contributed by atoms with E-state index in [-0.39, 0.29) is 0 Å². The Kier molecular flexibility index (Phi) is 10.8. The smallest absolute Gasteiger partial charge is 0.00676 e. The summed E-state index contributed by atoms with van der Waals surface area (Å²) in [6.45, 7) is 2.26. The van der Waals surface area contributed by atoms with Crippen LogP contribution >= 0.6 is 31.9 Å². The number of halogens is 2. The molecule has 0 N–H and O–H groups in total. The minimum absolute atomic E-state index is 0.839. The van der Waals surface area contributed by atoms with Crippen molar-refractivity contribution >= 4 is 31.9 Å². The Labute approximate surface area is 93.8 Å². The largest absolute Gasteiger partial charge is 0.0925 e. The number of alkyl halides is 2. The maximum absolute atomic E-state index is 3.53. The van der Waals surface area contributed by atoms with E-state index >= 15 is 0 Å². The van der Waals surface area contributed by atoms with Crippen molar-refractivity contribution in [3.05, 3.63) is 0 Å². The summed E-state index contributed by atoms with van der Waals surface area (Å²) in [5.41, 5.74) is 0. The Morgan fingerprint density at radius 1 is 0.917 bits per heavy atom. The highest BCUT2D eigenvalue weighted by molar-refractivity contribution is 9.09. The fourth-order valence-electron chi connectivity index (χ4n) is 1.23. The predicted molar refractivity (Wildman–Crippen MR) is 64.5 cm³/mol. The Bertz CT molecular complexity index is 79.9. The van der Waals surface area contributed by atoms with Crippen LogP contribution in [0.3, 0.4) is 0 Å². The summed E-state index contributed by atoms with van der Waals surface area (Å²) in [4.78, 5) is 0. The van der Waals surface area contributed by atoms with E-state index in [0.717, 1.165) is 16.6 Å². The molecule has 12 heavy (non-hydrogen) atoms. The molecule has 0 nitrogen and oxygen atoms in total. The molecule has 0 aliphatic heterocycles. The number of hydrogen-bond donors (Lipinski definition) is 0. The molecule has 0 heterocycles. The summed E-state index contributed by atoms with van der Waals surface area (Å²) < 4.78 is 0. The van der Waals surface area contributed by atoms with Crippen LogP contribution in [0.4, 0.5) is 0 Å². The number of hydrogen-bond acceptors (Lipinski definition) is 0. The van der Waals surface area contributed by atoms with Gasteiger partial charge in [0.1, 0.15) is 0 Å². The third-order valence-corrected chi connectivity index (χ3v) is 3.98. The topological polar surface area (TPSA) is 0 Å². The lowest BCUT2D eigenvalue weighted by Gasteiger charge is -2.09. The zero-order valence-corrected chi connectivity index (χ0v) is 11.2. The van der Waals surface area contributed by atoms with Gasteiger partial charge in [-0.25, -0.2) is 0 Å². The highest BCUT2D eigenvalue weighted by Gasteiger charge is 2.03. The van der Waals surface area contributed by atoms with Gasteiger partial charge in [0, 0.05) is 10.7 Å².